The van der Waals surface area contributed by atoms with Crippen molar-refractivity contribution in [3.8, 4) is 0 Å². The number of piperidine rings is 1. The molecule has 1 aromatic rings. The van der Waals surface area contributed by atoms with Gasteiger partial charge in [-0.3, -0.25) is 0 Å². The molecule has 1 aromatic carbocycles. The summed E-state index contributed by atoms with van der Waals surface area (Å²) >= 11 is 0. The summed E-state index contributed by atoms with van der Waals surface area (Å²) in [6, 6.07) is 6.60. The molecule has 1 N–H and O–H groups in total. The van der Waals surface area contributed by atoms with Gasteiger partial charge in [0.2, 0.25) is 0 Å². The minimum Gasteiger partial charge on any atom is -0.388 e. The van der Waals surface area contributed by atoms with Crippen LogP contribution in [0.3, 0.4) is 0 Å². The number of aliphatic hydroxyl groups is 1. The molecule has 1 saturated heterocycles. The lowest BCUT2D eigenvalue weighted by Crippen LogP contribution is -2.34. The average Bonchev–Trinajstić information content (AvgIpc) is 2.93. The molecule has 0 spiro atoms. The van der Waals surface area contributed by atoms with Gasteiger partial charge in [0.05, 0.1) is 6.10 Å². The predicted octanol–water partition coefficient (Wildman–Crippen LogP) is 3.33. The topological polar surface area (TPSA) is 23.5 Å². The lowest BCUT2D eigenvalue weighted by Gasteiger charge is -2.30. The Morgan fingerprint density at radius 1 is 1.20 bits per heavy atom. The third-order valence-electron chi connectivity index (χ3n) is 5.10. The fraction of sp³-hybridized carbons (Fsp3) is 0.667. The van der Waals surface area contributed by atoms with Crippen LogP contribution in [-0.4, -0.2) is 29.6 Å². The Labute approximate surface area is 122 Å². The SMILES string of the molecule is CC1CCN(CCC(O)c2ccc3c(c2)CCC3)CC1. The maximum Gasteiger partial charge on any atom is 0.0802 e. The monoisotopic (exact) mass is 273 g/mol. The van der Waals surface area contributed by atoms with Crippen molar-refractivity contribution in [1.82, 2.24) is 4.90 Å². The Bertz CT molecular complexity index is 449. The normalized spacial score (nSPS) is 21.9. The molecule has 1 unspecified atom stereocenters. The smallest absolute Gasteiger partial charge is 0.0802 e. The maximum atomic E-state index is 10.4. The van der Waals surface area contributed by atoms with E-state index in [9.17, 15) is 5.11 Å². The van der Waals surface area contributed by atoms with Gasteiger partial charge in [-0.2, -0.15) is 0 Å². The van der Waals surface area contributed by atoms with Gasteiger partial charge in [-0.25, -0.2) is 0 Å². The largest absolute Gasteiger partial charge is 0.388 e. The summed E-state index contributed by atoms with van der Waals surface area (Å²) in [6.07, 6.45) is 6.90. The van der Waals surface area contributed by atoms with Crippen LogP contribution in [0.1, 0.15) is 55.4 Å². The summed E-state index contributed by atoms with van der Waals surface area (Å²) in [5.41, 5.74) is 4.08. The van der Waals surface area contributed by atoms with E-state index in [2.05, 4.69) is 30.0 Å². The highest BCUT2D eigenvalue weighted by Crippen LogP contribution is 2.27. The lowest BCUT2D eigenvalue weighted by molar-refractivity contribution is 0.125. The van der Waals surface area contributed by atoms with Crippen LogP contribution in [0.15, 0.2) is 18.2 Å². The second-order valence-corrected chi connectivity index (χ2v) is 6.71. The van der Waals surface area contributed by atoms with E-state index in [-0.39, 0.29) is 6.10 Å². The van der Waals surface area contributed by atoms with Crippen LogP contribution in [0.2, 0.25) is 0 Å². The number of likely N-dealkylation sites (tertiary alicyclic amines) is 1. The van der Waals surface area contributed by atoms with Crippen LogP contribution < -0.4 is 0 Å². The summed E-state index contributed by atoms with van der Waals surface area (Å²) in [7, 11) is 0. The van der Waals surface area contributed by atoms with Gasteiger partial charge < -0.3 is 10.0 Å². The minimum absolute atomic E-state index is 0.291. The Morgan fingerprint density at radius 3 is 2.75 bits per heavy atom. The summed E-state index contributed by atoms with van der Waals surface area (Å²) in [4.78, 5) is 2.51. The Morgan fingerprint density at radius 2 is 1.95 bits per heavy atom. The van der Waals surface area contributed by atoms with Crippen LogP contribution >= 0.6 is 0 Å². The van der Waals surface area contributed by atoms with E-state index in [1.807, 2.05) is 0 Å². The Balaban J connectivity index is 1.52. The number of hydrogen-bond acceptors (Lipinski definition) is 2. The third kappa shape index (κ3) is 3.24. The highest BCUT2D eigenvalue weighted by molar-refractivity contribution is 5.36. The van der Waals surface area contributed by atoms with Gasteiger partial charge in [-0.05, 0) is 74.2 Å². The van der Waals surface area contributed by atoms with E-state index < -0.39 is 0 Å². The van der Waals surface area contributed by atoms with Gasteiger partial charge in [-0.15, -0.1) is 0 Å². The van der Waals surface area contributed by atoms with Crippen LogP contribution in [0.5, 0.6) is 0 Å². The molecule has 1 atom stereocenters. The first-order chi connectivity index (χ1) is 9.72. The van der Waals surface area contributed by atoms with Gasteiger partial charge in [-0.1, -0.05) is 25.1 Å². The minimum atomic E-state index is -0.291. The molecular weight excluding hydrogens is 246 g/mol. The standard InChI is InChI=1S/C18H27NO/c1-14-7-10-19(11-8-14)12-9-18(20)17-6-5-15-3-2-4-16(15)13-17/h5-6,13-14,18,20H,2-4,7-12H2,1H3. The van der Waals surface area contributed by atoms with Crippen molar-refractivity contribution in [2.75, 3.05) is 19.6 Å². The molecule has 110 valence electrons. The van der Waals surface area contributed by atoms with Gasteiger partial charge in [0.1, 0.15) is 0 Å². The fourth-order valence-electron chi connectivity index (χ4n) is 3.56. The summed E-state index contributed by atoms with van der Waals surface area (Å²) in [5, 5.41) is 10.4. The van der Waals surface area contributed by atoms with E-state index in [1.54, 1.807) is 0 Å². The summed E-state index contributed by atoms with van der Waals surface area (Å²) in [6.45, 7) is 5.79. The van der Waals surface area contributed by atoms with Crippen molar-refractivity contribution in [3.05, 3.63) is 34.9 Å². The van der Waals surface area contributed by atoms with Crippen molar-refractivity contribution in [1.29, 1.82) is 0 Å². The lowest BCUT2D eigenvalue weighted by atomic mass is 9.98. The van der Waals surface area contributed by atoms with E-state index in [1.165, 1.54) is 56.3 Å². The van der Waals surface area contributed by atoms with E-state index in [4.69, 9.17) is 0 Å². The van der Waals surface area contributed by atoms with Crippen LogP contribution in [0, 0.1) is 5.92 Å². The highest BCUT2D eigenvalue weighted by atomic mass is 16.3. The Hall–Kier alpha value is -0.860. The van der Waals surface area contributed by atoms with Crippen LogP contribution in [0.25, 0.3) is 0 Å². The van der Waals surface area contributed by atoms with Gasteiger partial charge in [0.25, 0.3) is 0 Å². The molecule has 2 nitrogen and oxygen atoms in total. The molecule has 0 aromatic heterocycles. The molecule has 1 fully saturated rings. The first kappa shape index (κ1) is 14.1. The molecule has 20 heavy (non-hydrogen) atoms. The number of benzene rings is 1. The van der Waals surface area contributed by atoms with E-state index in [0.29, 0.717) is 0 Å². The van der Waals surface area contributed by atoms with Crippen molar-refractivity contribution in [2.45, 2.75) is 51.6 Å². The van der Waals surface area contributed by atoms with Crippen LogP contribution in [0.4, 0.5) is 0 Å². The number of fused-ring (bicyclic) bond motifs is 1. The number of aryl methyl sites for hydroxylation is 2. The second kappa shape index (κ2) is 6.28. The first-order valence-corrected chi connectivity index (χ1v) is 8.24. The quantitative estimate of drug-likeness (QED) is 0.909. The fourth-order valence-corrected chi connectivity index (χ4v) is 3.56. The molecular formula is C18H27NO. The number of rotatable bonds is 4. The first-order valence-electron chi connectivity index (χ1n) is 8.24. The highest BCUT2D eigenvalue weighted by Gasteiger charge is 2.18. The van der Waals surface area contributed by atoms with Crippen molar-refractivity contribution in [3.63, 3.8) is 0 Å². The molecule has 2 aliphatic rings. The zero-order chi connectivity index (χ0) is 13.9. The molecule has 3 rings (SSSR count). The van der Waals surface area contributed by atoms with Crippen molar-refractivity contribution in [2.24, 2.45) is 5.92 Å². The van der Waals surface area contributed by atoms with E-state index >= 15 is 0 Å². The van der Waals surface area contributed by atoms with Crippen molar-refractivity contribution < 1.29 is 5.11 Å². The van der Waals surface area contributed by atoms with Gasteiger partial charge in [0, 0.05) is 6.54 Å². The van der Waals surface area contributed by atoms with Crippen molar-refractivity contribution >= 4 is 0 Å². The number of hydrogen-bond donors (Lipinski definition) is 1. The molecule has 0 bridgehead atoms. The molecule has 2 heteroatoms. The molecule has 0 saturated carbocycles. The molecule has 1 aliphatic heterocycles. The third-order valence-corrected chi connectivity index (χ3v) is 5.10. The molecule has 0 amide bonds. The van der Waals surface area contributed by atoms with Gasteiger partial charge in [0.15, 0.2) is 0 Å². The summed E-state index contributed by atoms with van der Waals surface area (Å²) < 4.78 is 0. The van der Waals surface area contributed by atoms with E-state index in [0.717, 1.165) is 24.4 Å². The molecule has 1 heterocycles. The zero-order valence-electron chi connectivity index (χ0n) is 12.6. The number of nitrogens with zero attached hydrogens (tertiary/aromatic N) is 1. The Kier molecular flexibility index (Phi) is 4.42. The average molecular weight is 273 g/mol. The predicted molar refractivity (Wildman–Crippen MR) is 82.9 cm³/mol. The van der Waals surface area contributed by atoms with Crippen LogP contribution in [-0.2, 0) is 12.8 Å². The molecule has 0 radical (unpaired) electrons. The summed E-state index contributed by atoms with van der Waals surface area (Å²) in [5.74, 6) is 0.882. The zero-order valence-corrected chi connectivity index (χ0v) is 12.6. The number of aliphatic hydroxyl groups excluding tert-OH is 1. The molecule has 1 aliphatic carbocycles. The van der Waals surface area contributed by atoms with Gasteiger partial charge >= 0.3 is 0 Å². The second-order valence-electron chi connectivity index (χ2n) is 6.71. The maximum absolute atomic E-state index is 10.4.